The summed E-state index contributed by atoms with van der Waals surface area (Å²) >= 11 is 0. The first-order valence-electron chi connectivity index (χ1n) is 9.37. The van der Waals surface area contributed by atoms with Crippen LogP contribution in [0.25, 0.3) is 22.1 Å². The Labute approximate surface area is 208 Å². The minimum absolute atomic E-state index is 0. The van der Waals surface area contributed by atoms with Crippen molar-refractivity contribution in [3.8, 4) is 0 Å². The SMILES string of the molecule is Cc1cc(C)c([NH-])c(C)c1.Cl.Cl.[CH2-]c1c(C2=CC(C)=CC2)ccc2ccccc12.[Ti+2]. The van der Waals surface area contributed by atoms with Gasteiger partial charge in [-0.05, 0) is 34.1 Å². The molecule has 30 heavy (non-hydrogen) atoms. The maximum Gasteiger partial charge on any atom is 2.00 e. The van der Waals surface area contributed by atoms with Crippen LogP contribution in [0.1, 0.15) is 41.2 Å². The van der Waals surface area contributed by atoms with Crippen molar-refractivity contribution in [2.75, 3.05) is 0 Å². The number of rotatable bonds is 1. The van der Waals surface area contributed by atoms with Gasteiger partial charge >= 0.3 is 21.7 Å². The Bertz CT molecular complexity index is 1040. The summed E-state index contributed by atoms with van der Waals surface area (Å²) in [5.74, 6) is 0. The Morgan fingerprint density at radius 3 is 2.03 bits per heavy atom. The summed E-state index contributed by atoms with van der Waals surface area (Å²) in [5, 5.41) is 2.53. The average molecular weight is 474 g/mol. The van der Waals surface area contributed by atoms with Gasteiger partial charge < -0.3 is 5.73 Å². The smallest absolute Gasteiger partial charge is 0.698 e. The first-order valence-corrected chi connectivity index (χ1v) is 9.37. The van der Waals surface area contributed by atoms with Crippen LogP contribution in [0.5, 0.6) is 0 Å². The third kappa shape index (κ3) is 6.43. The standard InChI is InChI=1S/C17H15.C9H12N.2ClH.Ti/c1-12-7-8-15(11-12)17-10-9-14-5-3-4-6-16(14)13(17)2;1-6-4-7(2)9(10)8(3)5-6;;;/h3-7,9-11H,2,8H2,1H3;4-5,10H,1-3H3;2*1H;/q2*-1;;;+2. The molecule has 0 spiro atoms. The van der Waals surface area contributed by atoms with E-state index in [1.807, 2.05) is 26.0 Å². The van der Waals surface area contributed by atoms with Crippen LogP contribution in [0.2, 0.25) is 0 Å². The number of halogens is 2. The molecule has 0 saturated carbocycles. The van der Waals surface area contributed by atoms with E-state index in [1.165, 1.54) is 33.0 Å². The van der Waals surface area contributed by atoms with E-state index in [0.717, 1.165) is 23.1 Å². The summed E-state index contributed by atoms with van der Waals surface area (Å²) < 4.78 is 0. The summed E-state index contributed by atoms with van der Waals surface area (Å²) in [7, 11) is 0. The second-order valence-corrected chi connectivity index (χ2v) is 7.41. The van der Waals surface area contributed by atoms with Crippen LogP contribution < -0.4 is 0 Å². The van der Waals surface area contributed by atoms with Crippen LogP contribution in [0.4, 0.5) is 5.69 Å². The summed E-state index contributed by atoms with van der Waals surface area (Å²) in [4.78, 5) is 0. The molecule has 0 fully saturated rings. The van der Waals surface area contributed by atoms with Gasteiger partial charge in [0.25, 0.3) is 0 Å². The summed E-state index contributed by atoms with van der Waals surface area (Å²) in [6.07, 6.45) is 5.56. The monoisotopic (exact) mass is 473 g/mol. The Hall–Kier alpha value is -1.64. The largest absolute Gasteiger partial charge is 2.00 e. The normalized spacial score (nSPS) is 11.7. The number of allylic oxidation sites excluding steroid dienone is 4. The van der Waals surface area contributed by atoms with E-state index in [2.05, 4.69) is 69.3 Å². The molecule has 3 aromatic rings. The first-order chi connectivity index (χ1) is 12.9. The fraction of sp³-hybridized carbons (Fsp3) is 0.192. The van der Waals surface area contributed by atoms with Crippen molar-refractivity contribution in [1.29, 1.82) is 0 Å². The van der Waals surface area contributed by atoms with Crippen LogP contribution in [-0.4, -0.2) is 0 Å². The molecule has 4 rings (SSSR count). The zero-order valence-electron chi connectivity index (χ0n) is 18.0. The quantitative estimate of drug-likeness (QED) is 0.249. The molecule has 0 amide bonds. The summed E-state index contributed by atoms with van der Waals surface area (Å²) in [6, 6.07) is 16.9. The molecular formula is C26H29Cl2NTi. The third-order valence-corrected chi connectivity index (χ3v) is 5.11. The molecule has 1 aliphatic rings. The van der Waals surface area contributed by atoms with Gasteiger partial charge in [0.05, 0.1) is 0 Å². The van der Waals surface area contributed by atoms with E-state index < -0.39 is 0 Å². The fourth-order valence-corrected chi connectivity index (χ4v) is 3.67. The fourth-order valence-electron chi connectivity index (χ4n) is 3.67. The van der Waals surface area contributed by atoms with Gasteiger partial charge in [-0.1, -0.05) is 81.8 Å². The van der Waals surface area contributed by atoms with E-state index >= 15 is 0 Å². The van der Waals surface area contributed by atoms with Crippen molar-refractivity contribution < 1.29 is 21.7 Å². The van der Waals surface area contributed by atoms with Crippen LogP contribution in [0.3, 0.4) is 0 Å². The second-order valence-electron chi connectivity index (χ2n) is 7.41. The molecule has 3 aromatic carbocycles. The zero-order chi connectivity index (χ0) is 19.6. The van der Waals surface area contributed by atoms with Crippen molar-refractivity contribution in [3.05, 3.63) is 107 Å². The number of hydrogen-bond donors (Lipinski definition) is 0. The molecule has 156 valence electrons. The number of fused-ring (bicyclic) bond motifs is 1. The van der Waals surface area contributed by atoms with Gasteiger partial charge in [-0.15, -0.1) is 53.6 Å². The molecule has 0 atom stereocenters. The molecule has 0 radical (unpaired) electrons. The zero-order valence-corrected chi connectivity index (χ0v) is 21.2. The van der Waals surface area contributed by atoms with Crippen molar-refractivity contribution in [2.24, 2.45) is 0 Å². The molecule has 1 nitrogen and oxygen atoms in total. The Kier molecular flexibility index (Phi) is 11.6. The summed E-state index contributed by atoms with van der Waals surface area (Å²) in [6.45, 7) is 12.4. The molecule has 1 aliphatic carbocycles. The van der Waals surface area contributed by atoms with Gasteiger partial charge in [-0.3, -0.25) is 0 Å². The number of aryl methyl sites for hydroxylation is 3. The van der Waals surface area contributed by atoms with E-state index in [9.17, 15) is 0 Å². The molecule has 1 N–H and O–H groups in total. The van der Waals surface area contributed by atoms with Gasteiger partial charge in [0.1, 0.15) is 0 Å². The maximum absolute atomic E-state index is 7.54. The van der Waals surface area contributed by atoms with Gasteiger partial charge in [-0.2, -0.15) is 12.5 Å². The van der Waals surface area contributed by atoms with E-state index in [0.29, 0.717) is 5.69 Å². The van der Waals surface area contributed by atoms with Crippen molar-refractivity contribution >= 4 is 46.8 Å². The number of hydrogen-bond acceptors (Lipinski definition) is 0. The van der Waals surface area contributed by atoms with Crippen LogP contribution in [-0.2, 0) is 21.7 Å². The minimum atomic E-state index is 0. The predicted octanol–water partition coefficient (Wildman–Crippen LogP) is 8.89. The van der Waals surface area contributed by atoms with Crippen LogP contribution in [0.15, 0.2) is 66.3 Å². The van der Waals surface area contributed by atoms with Gasteiger partial charge in [-0.25, -0.2) is 0 Å². The van der Waals surface area contributed by atoms with E-state index in [4.69, 9.17) is 5.73 Å². The number of nitrogens with one attached hydrogen (secondary N) is 1. The van der Waals surface area contributed by atoms with Crippen LogP contribution in [0, 0.1) is 27.7 Å². The molecule has 4 heteroatoms. The Morgan fingerprint density at radius 2 is 1.47 bits per heavy atom. The van der Waals surface area contributed by atoms with Crippen molar-refractivity contribution in [3.63, 3.8) is 0 Å². The molecular weight excluding hydrogens is 445 g/mol. The molecule has 0 aromatic heterocycles. The molecule has 0 unspecified atom stereocenters. The predicted molar refractivity (Wildman–Crippen MR) is 134 cm³/mol. The molecule has 0 heterocycles. The molecule has 0 saturated heterocycles. The van der Waals surface area contributed by atoms with Gasteiger partial charge in [0.2, 0.25) is 0 Å². The average Bonchev–Trinajstić information content (AvgIpc) is 3.07. The first kappa shape index (κ1) is 28.4. The van der Waals surface area contributed by atoms with Crippen LogP contribution >= 0.6 is 24.8 Å². The van der Waals surface area contributed by atoms with Gasteiger partial charge in [0.15, 0.2) is 0 Å². The Balaban J connectivity index is 0.000000569. The minimum Gasteiger partial charge on any atom is -0.698 e. The van der Waals surface area contributed by atoms with Crippen molar-refractivity contribution in [1.82, 2.24) is 0 Å². The van der Waals surface area contributed by atoms with E-state index in [1.54, 1.807) is 0 Å². The second kappa shape index (κ2) is 12.3. The van der Waals surface area contributed by atoms with E-state index in [-0.39, 0.29) is 46.5 Å². The third-order valence-electron chi connectivity index (χ3n) is 5.11. The molecule has 0 aliphatic heterocycles. The summed E-state index contributed by atoms with van der Waals surface area (Å²) in [5.41, 5.74) is 16.8. The van der Waals surface area contributed by atoms with Crippen molar-refractivity contribution in [2.45, 2.75) is 34.1 Å². The Morgan fingerprint density at radius 1 is 0.867 bits per heavy atom. The molecule has 0 bridgehead atoms. The number of benzene rings is 3. The topological polar surface area (TPSA) is 23.8 Å². The maximum atomic E-state index is 7.54. The van der Waals surface area contributed by atoms with Gasteiger partial charge in [0, 0.05) is 0 Å².